The van der Waals surface area contributed by atoms with Crippen molar-refractivity contribution >= 4 is 29.0 Å². The van der Waals surface area contributed by atoms with E-state index >= 15 is 0 Å². The van der Waals surface area contributed by atoms with Crippen molar-refractivity contribution in [3.05, 3.63) is 82.0 Å². The second-order valence-electron chi connectivity index (χ2n) is 8.92. The van der Waals surface area contributed by atoms with E-state index in [0.717, 1.165) is 23.3 Å². The fourth-order valence-electron chi connectivity index (χ4n) is 4.19. The van der Waals surface area contributed by atoms with Crippen LogP contribution in [0.15, 0.2) is 66.7 Å². The third kappa shape index (κ3) is 7.32. The summed E-state index contributed by atoms with van der Waals surface area (Å²) in [7, 11) is 1.60. The lowest BCUT2D eigenvalue weighted by atomic mass is 10.2. The highest BCUT2D eigenvalue weighted by Gasteiger charge is 2.27. The molecule has 3 aromatic rings. The zero-order chi connectivity index (χ0) is 25.3. The number of ether oxygens (including phenoxy) is 2. The predicted octanol–water partition coefficient (Wildman–Crippen LogP) is 5.31. The van der Waals surface area contributed by atoms with E-state index in [1.54, 1.807) is 47.6 Å². The molecule has 190 valence electrons. The number of nitrogens with one attached hydrogen (secondary N) is 1. The Morgan fingerprint density at radius 2 is 1.81 bits per heavy atom. The summed E-state index contributed by atoms with van der Waals surface area (Å²) < 4.78 is 11.0. The first-order chi connectivity index (χ1) is 17.5. The van der Waals surface area contributed by atoms with Crippen molar-refractivity contribution in [2.75, 3.05) is 32.1 Å². The van der Waals surface area contributed by atoms with Gasteiger partial charge in [-0.25, -0.2) is 4.79 Å². The summed E-state index contributed by atoms with van der Waals surface area (Å²) in [6.45, 7) is 4.06. The van der Waals surface area contributed by atoms with Gasteiger partial charge in [-0.05, 0) is 61.7 Å². The van der Waals surface area contributed by atoms with E-state index in [4.69, 9.17) is 9.47 Å². The van der Waals surface area contributed by atoms with E-state index in [1.165, 1.54) is 4.88 Å². The number of carbonyl (C=O) groups is 2. The fourth-order valence-corrected chi connectivity index (χ4v) is 5.09. The van der Waals surface area contributed by atoms with E-state index in [-0.39, 0.29) is 24.6 Å². The maximum absolute atomic E-state index is 13.6. The van der Waals surface area contributed by atoms with Gasteiger partial charge in [-0.1, -0.05) is 30.3 Å². The van der Waals surface area contributed by atoms with Crippen molar-refractivity contribution in [3.63, 3.8) is 0 Å². The standard InChI is InChI=1S/C28H33N3O4S/c1-21-10-15-26(36-21)19-30(17-22-7-4-3-5-8-22)27(32)20-31(18-25-9-6-16-35-25)28(33)29-23-11-13-24(34-2)14-12-23/h3-5,7-8,10-15,25H,6,9,16-20H2,1-2H3,(H,29,33). The Labute approximate surface area is 216 Å². The van der Waals surface area contributed by atoms with E-state index in [0.29, 0.717) is 37.7 Å². The molecule has 1 N–H and O–H groups in total. The maximum atomic E-state index is 13.6. The molecule has 0 spiro atoms. The average molecular weight is 508 g/mol. The molecule has 1 aliphatic rings. The van der Waals surface area contributed by atoms with Crippen LogP contribution in [-0.2, 0) is 22.6 Å². The Hall–Kier alpha value is -3.36. The molecule has 2 heterocycles. The molecule has 4 rings (SSSR count). The molecular formula is C28H33N3O4S. The minimum Gasteiger partial charge on any atom is -0.497 e. The van der Waals surface area contributed by atoms with Gasteiger partial charge in [-0.15, -0.1) is 11.3 Å². The number of aryl methyl sites for hydroxylation is 1. The van der Waals surface area contributed by atoms with E-state index < -0.39 is 0 Å². The Kier molecular flexibility index (Phi) is 8.97. The summed E-state index contributed by atoms with van der Waals surface area (Å²) in [6.07, 6.45) is 1.77. The van der Waals surface area contributed by atoms with Gasteiger partial charge in [0.2, 0.25) is 5.91 Å². The van der Waals surface area contributed by atoms with Crippen LogP contribution in [0.25, 0.3) is 0 Å². The molecule has 1 atom stereocenters. The van der Waals surface area contributed by atoms with Crippen molar-refractivity contribution in [1.29, 1.82) is 0 Å². The van der Waals surface area contributed by atoms with Crippen molar-refractivity contribution in [1.82, 2.24) is 9.80 Å². The third-order valence-corrected chi connectivity index (χ3v) is 7.10. The van der Waals surface area contributed by atoms with Crippen LogP contribution >= 0.6 is 11.3 Å². The number of rotatable bonds is 10. The quantitative estimate of drug-likeness (QED) is 0.404. The molecule has 2 aromatic carbocycles. The van der Waals surface area contributed by atoms with Gasteiger partial charge in [0.1, 0.15) is 12.3 Å². The van der Waals surface area contributed by atoms with Gasteiger partial charge in [0, 0.05) is 35.1 Å². The van der Waals surface area contributed by atoms with Crippen LogP contribution in [0.3, 0.4) is 0 Å². The topological polar surface area (TPSA) is 71.1 Å². The van der Waals surface area contributed by atoms with E-state index in [9.17, 15) is 9.59 Å². The number of benzene rings is 2. The van der Waals surface area contributed by atoms with E-state index in [1.807, 2.05) is 35.2 Å². The molecule has 36 heavy (non-hydrogen) atoms. The number of hydrogen-bond acceptors (Lipinski definition) is 5. The molecule has 0 aliphatic carbocycles. The Morgan fingerprint density at radius 3 is 2.44 bits per heavy atom. The number of anilines is 1. The Balaban J connectivity index is 1.50. The number of methoxy groups -OCH3 is 1. The van der Waals surface area contributed by atoms with Crippen LogP contribution in [0.5, 0.6) is 5.75 Å². The smallest absolute Gasteiger partial charge is 0.322 e. The fraction of sp³-hybridized carbons (Fsp3) is 0.357. The van der Waals surface area contributed by atoms with Gasteiger partial charge >= 0.3 is 6.03 Å². The molecule has 1 aliphatic heterocycles. The van der Waals surface area contributed by atoms with E-state index in [2.05, 4.69) is 24.4 Å². The van der Waals surface area contributed by atoms with Crippen LogP contribution in [0.2, 0.25) is 0 Å². The van der Waals surface area contributed by atoms with Crippen molar-refractivity contribution in [2.24, 2.45) is 0 Å². The van der Waals surface area contributed by atoms with Gasteiger partial charge in [0.05, 0.1) is 19.8 Å². The molecule has 0 bridgehead atoms. The number of nitrogens with zero attached hydrogens (tertiary/aromatic N) is 2. The lowest BCUT2D eigenvalue weighted by molar-refractivity contribution is -0.133. The second kappa shape index (κ2) is 12.6. The lowest BCUT2D eigenvalue weighted by Crippen LogP contribution is -2.46. The monoisotopic (exact) mass is 507 g/mol. The van der Waals surface area contributed by atoms with Gasteiger partial charge in [-0.3, -0.25) is 4.79 Å². The number of thiophene rings is 1. The molecule has 0 saturated carbocycles. The SMILES string of the molecule is COc1ccc(NC(=O)N(CC(=O)N(Cc2ccccc2)Cc2ccc(C)s2)CC2CCCO2)cc1. The number of carbonyl (C=O) groups excluding carboxylic acids is 2. The highest BCUT2D eigenvalue weighted by molar-refractivity contribution is 7.11. The minimum absolute atomic E-state index is 0.0287. The molecule has 8 heteroatoms. The molecule has 1 fully saturated rings. The maximum Gasteiger partial charge on any atom is 0.322 e. The Bertz CT molecular complexity index is 1130. The highest BCUT2D eigenvalue weighted by Crippen LogP contribution is 2.21. The molecular weight excluding hydrogens is 474 g/mol. The molecule has 1 unspecified atom stereocenters. The van der Waals surface area contributed by atoms with Crippen LogP contribution in [0.4, 0.5) is 10.5 Å². The van der Waals surface area contributed by atoms with Crippen LogP contribution in [0.1, 0.15) is 28.2 Å². The van der Waals surface area contributed by atoms with Crippen molar-refractivity contribution in [2.45, 2.75) is 39.0 Å². The van der Waals surface area contributed by atoms with Crippen LogP contribution in [0, 0.1) is 6.92 Å². The Morgan fingerprint density at radius 1 is 1.03 bits per heavy atom. The van der Waals surface area contributed by atoms with Gasteiger partial charge in [0.15, 0.2) is 0 Å². The number of hydrogen-bond donors (Lipinski definition) is 1. The summed E-state index contributed by atoms with van der Waals surface area (Å²) in [4.78, 5) is 32.6. The van der Waals surface area contributed by atoms with Gasteiger partial charge in [0.25, 0.3) is 0 Å². The molecule has 3 amide bonds. The summed E-state index contributed by atoms with van der Waals surface area (Å²) in [6, 6.07) is 20.9. The average Bonchev–Trinajstić information content (AvgIpc) is 3.55. The molecule has 0 radical (unpaired) electrons. The second-order valence-corrected chi connectivity index (χ2v) is 10.3. The molecule has 1 aromatic heterocycles. The summed E-state index contributed by atoms with van der Waals surface area (Å²) >= 11 is 1.68. The highest BCUT2D eigenvalue weighted by atomic mass is 32.1. The largest absolute Gasteiger partial charge is 0.497 e. The molecule has 7 nitrogen and oxygen atoms in total. The lowest BCUT2D eigenvalue weighted by Gasteiger charge is -2.29. The first-order valence-electron chi connectivity index (χ1n) is 12.2. The predicted molar refractivity (Wildman–Crippen MR) is 142 cm³/mol. The van der Waals surface area contributed by atoms with Crippen molar-refractivity contribution < 1.29 is 19.1 Å². The third-order valence-electron chi connectivity index (χ3n) is 6.11. The van der Waals surface area contributed by atoms with Crippen LogP contribution in [-0.4, -0.2) is 54.6 Å². The zero-order valence-electron chi connectivity index (χ0n) is 20.8. The summed E-state index contributed by atoms with van der Waals surface area (Å²) in [5.41, 5.74) is 1.69. The normalized spacial score (nSPS) is 14.9. The number of amides is 3. The minimum atomic E-state index is -0.323. The van der Waals surface area contributed by atoms with Crippen LogP contribution < -0.4 is 10.1 Å². The van der Waals surface area contributed by atoms with Gasteiger partial charge in [-0.2, -0.15) is 0 Å². The zero-order valence-corrected chi connectivity index (χ0v) is 21.6. The molecule has 1 saturated heterocycles. The van der Waals surface area contributed by atoms with Crippen molar-refractivity contribution in [3.8, 4) is 5.75 Å². The summed E-state index contributed by atoms with van der Waals surface area (Å²) in [5, 5.41) is 2.92. The number of urea groups is 1. The summed E-state index contributed by atoms with van der Waals surface area (Å²) in [5.74, 6) is 0.604. The first-order valence-corrected chi connectivity index (χ1v) is 13.0. The van der Waals surface area contributed by atoms with Gasteiger partial charge < -0.3 is 24.6 Å². The first kappa shape index (κ1) is 25.7.